The molecule has 3 saturated heterocycles. The second-order valence-electron chi connectivity index (χ2n) is 12.6. The molecular weight excluding hydrogens is 552 g/mol. The molecule has 3 aliphatic heterocycles. The van der Waals surface area contributed by atoms with Gasteiger partial charge < -0.3 is 25.1 Å². The van der Waals surface area contributed by atoms with Gasteiger partial charge in [0.05, 0.1) is 5.54 Å². The molecule has 3 aromatic carbocycles. The number of carbonyl (C=O) groups excluding carboxylic acids is 2. The average molecular weight is 595 g/mol. The molecule has 0 spiro atoms. The maximum Gasteiger partial charge on any atom is 0.326 e. The van der Waals surface area contributed by atoms with Crippen LogP contribution in [0.1, 0.15) is 60.0 Å². The standard InChI is InChI=1S/C36H42N4O4/c41-32(28-11-4-1-5-12-28)39-26-19-35(27-39,29-13-6-2-7-14-29)18-23-38-24-20-36(21-25-38,30-15-8-3-9-16-30)37-34(44)40-22-10-17-31(40)33(42)43/h1-9,11-16,31H,10,17-27H2,(H,37,44)(H,42,43). The first kappa shape index (κ1) is 29.9. The maximum atomic E-state index is 13.5. The summed E-state index contributed by atoms with van der Waals surface area (Å²) in [5, 5.41) is 13.0. The summed E-state index contributed by atoms with van der Waals surface area (Å²) in [6.45, 7) is 4.42. The molecule has 3 amide bonds. The Morgan fingerprint density at radius 2 is 1.39 bits per heavy atom. The minimum Gasteiger partial charge on any atom is -0.480 e. The number of hydrogen-bond donors (Lipinski definition) is 2. The van der Waals surface area contributed by atoms with Gasteiger partial charge in [0.1, 0.15) is 6.04 Å². The van der Waals surface area contributed by atoms with Crippen molar-refractivity contribution in [1.82, 2.24) is 20.0 Å². The Hall–Kier alpha value is -4.17. The Kier molecular flexibility index (Phi) is 8.71. The first-order chi connectivity index (χ1) is 21.4. The number of rotatable bonds is 8. The molecule has 0 radical (unpaired) electrons. The van der Waals surface area contributed by atoms with Crippen LogP contribution in [0.25, 0.3) is 0 Å². The molecule has 3 fully saturated rings. The fraction of sp³-hybridized carbons (Fsp3) is 0.417. The molecule has 0 aliphatic carbocycles. The minimum atomic E-state index is -0.940. The van der Waals surface area contributed by atoms with Crippen molar-refractivity contribution in [3.05, 3.63) is 108 Å². The van der Waals surface area contributed by atoms with Crippen molar-refractivity contribution in [2.24, 2.45) is 0 Å². The van der Waals surface area contributed by atoms with Crippen LogP contribution in [-0.2, 0) is 15.7 Å². The van der Waals surface area contributed by atoms with Crippen molar-refractivity contribution >= 4 is 17.9 Å². The molecule has 3 heterocycles. The number of aliphatic carboxylic acids is 1. The molecular formula is C36H42N4O4. The van der Waals surface area contributed by atoms with Gasteiger partial charge in [-0.3, -0.25) is 4.79 Å². The van der Waals surface area contributed by atoms with E-state index in [1.54, 1.807) is 0 Å². The van der Waals surface area contributed by atoms with Crippen LogP contribution in [0.4, 0.5) is 4.79 Å². The van der Waals surface area contributed by atoms with Crippen molar-refractivity contribution < 1.29 is 19.5 Å². The summed E-state index contributed by atoms with van der Waals surface area (Å²) in [5.74, 6) is -0.850. The van der Waals surface area contributed by atoms with E-state index in [1.807, 2.05) is 59.5 Å². The van der Waals surface area contributed by atoms with Gasteiger partial charge in [-0.2, -0.15) is 0 Å². The Morgan fingerprint density at radius 3 is 2.02 bits per heavy atom. The largest absolute Gasteiger partial charge is 0.480 e. The van der Waals surface area contributed by atoms with Crippen LogP contribution >= 0.6 is 0 Å². The van der Waals surface area contributed by atoms with Crippen LogP contribution in [0.15, 0.2) is 91.0 Å². The molecule has 3 aliphatic rings. The van der Waals surface area contributed by atoms with E-state index in [-0.39, 0.29) is 17.4 Å². The number of amides is 3. The maximum absolute atomic E-state index is 13.5. The number of urea groups is 1. The van der Waals surface area contributed by atoms with Crippen molar-refractivity contribution in [1.29, 1.82) is 0 Å². The molecule has 6 rings (SSSR count). The number of likely N-dealkylation sites (tertiary alicyclic amines) is 3. The Bertz CT molecular complexity index is 1440. The van der Waals surface area contributed by atoms with Gasteiger partial charge >= 0.3 is 12.0 Å². The van der Waals surface area contributed by atoms with Gasteiger partial charge in [-0.05, 0) is 68.3 Å². The second kappa shape index (κ2) is 12.8. The third kappa shape index (κ3) is 6.09. The summed E-state index contributed by atoms with van der Waals surface area (Å²) in [7, 11) is 0. The normalized spacial score (nSPS) is 23.4. The Morgan fingerprint density at radius 1 is 0.773 bits per heavy atom. The molecule has 2 N–H and O–H groups in total. The van der Waals surface area contributed by atoms with Crippen LogP contribution in [0.3, 0.4) is 0 Å². The lowest BCUT2D eigenvalue weighted by atomic mass is 9.76. The van der Waals surface area contributed by atoms with E-state index in [0.717, 1.165) is 63.0 Å². The van der Waals surface area contributed by atoms with Crippen molar-refractivity contribution in [3.63, 3.8) is 0 Å². The zero-order valence-electron chi connectivity index (χ0n) is 25.2. The van der Waals surface area contributed by atoms with Crippen molar-refractivity contribution in [2.75, 3.05) is 39.3 Å². The number of carboxylic acids is 1. The minimum absolute atomic E-state index is 0.0907. The summed E-state index contributed by atoms with van der Waals surface area (Å²) in [6.07, 6.45) is 4.54. The van der Waals surface area contributed by atoms with Gasteiger partial charge in [0.15, 0.2) is 0 Å². The summed E-state index contributed by atoms with van der Waals surface area (Å²) in [4.78, 5) is 44.6. The topological polar surface area (TPSA) is 93.2 Å². The molecule has 0 bridgehead atoms. The molecule has 230 valence electrons. The quantitative estimate of drug-likeness (QED) is 0.378. The molecule has 3 aromatic rings. The fourth-order valence-corrected chi connectivity index (χ4v) is 7.50. The lowest BCUT2D eigenvalue weighted by molar-refractivity contribution is -0.141. The number of hydrogen-bond acceptors (Lipinski definition) is 4. The third-order valence-corrected chi connectivity index (χ3v) is 10.1. The smallest absolute Gasteiger partial charge is 0.326 e. The first-order valence-corrected chi connectivity index (χ1v) is 15.9. The molecule has 0 saturated carbocycles. The predicted molar refractivity (Wildman–Crippen MR) is 169 cm³/mol. The zero-order valence-corrected chi connectivity index (χ0v) is 25.2. The van der Waals surface area contributed by atoms with E-state index < -0.39 is 17.6 Å². The Labute approximate surface area is 259 Å². The number of carbonyl (C=O) groups is 3. The summed E-state index contributed by atoms with van der Waals surface area (Å²) in [6, 6.07) is 29.2. The fourth-order valence-electron chi connectivity index (χ4n) is 7.50. The van der Waals surface area contributed by atoms with Crippen molar-refractivity contribution in [3.8, 4) is 0 Å². The molecule has 44 heavy (non-hydrogen) atoms. The summed E-state index contributed by atoms with van der Waals surface area (Å²) < 4.78 is 0. The van der Waals surface area contributed by atoms with Crippen LogP contribution in [0, 0.1) is 0 Å². The van der Waals surface area contributed by atoms with Gasteiger partial charge in [0, 0.05) is 43.7 Å². The van der Waals surface area contributed by atoms with E-state index in [2.05, 4.69) is 46.6 Å². The predicted octanol–water partition coefficient (Wildman–Crippen LogP) is 5.11. The number of carboxylic acid groups (broad SMARTS) is 1. The number of nitrogens with one attached hydrogen (secondary N) is 1. The Balaban J connectivity index is 1.15. The van der Waals surface area contributed by atoms with Crippen LogP contribution in [0.2, 0.25) is 0 Å². The van der Waals surface area contributed by atoms with Gasteiger partial charge in [-0.15, -0.1) is 0 Å². The average Bonchev–Trinajstić information content (AvgIpc) is 3.75. The zero-order chi connectivity index (χ0) is 30.6. The van der Waals surface area contributed by atoms with Gasteiger partial charge in [-0.1, -0.05) is 78.9 Å². The second-order valence-corrected chi connectivity index (χ2v) is 12.6. The van der Waals surface area contributed by atoms with E-state index in [0.29, 0.717) is 25.9 Å². The van der Waals surface area contributed by atoms with Crippen LogP contribution < -0.4 is 5.32 Å². The highest BCUT2D eigenvalue weighted by Crippen LogP contribution is 2.40. The van der Waals surface area contributed by atoms with E-state index in [9.17, 15) is 19.5 Å². The van der Waals surface area contributed by atoms with Gasteiger partial charge in [0.2, 0.25) is 0 Å². The number of nitrogens with zero attached hydrogens (tertiary/aromatic N) is 3. The van der Waals surface area contributed by atoms with Gasteiger partial charge in [-0.25, -0.2) is 9.59 Å². The van der Waals surface area contributed by atoms with E-state index in [1.165, 1.54) is 10.5 Å². The molecule has 2 atom stereocenters. The highest BCUT2D eigenvalue weighted by atomic mass is 16.4. The highest BCUT2D eigenvalue weighted by Gasteiger charge is 2.44. The third-order valence-electron chi connectivity index (χ3n) is 10.1. The van der Waals surface area contributed by atoms with Crippen LogP contribution in [0.5, 0.6) is 0 Å². The summed E-state index contributed by atoms with van der Waals surface area (Å²) in [5.41, 5.74) is 2.41. The highest BCUT2D eigenvalue weighted by molar-refractivity contribution is 5.94. The van der Waals surface area contributed by atoms with Crippen molar-refractivity contribution in [2.45, 2.75) is 55.5 Å². The van der Waals surface area contributed by atoms with Crippen LogP contribution in [-0.4, -0.2) is 83.0 Å². The summed E-state index contributed by atoms with van der Waals surface area (Å²) >= 11 is 0. The monoisotopic (exact) mass is 594 g/mol. The van der Waals surface area contributed by atoms with E-state index >= 15 is 0 Å². The molecule has 2 unspecified atom stereocenters. The lowest BCUT2D eigenvalue weighted by Crippen LogP contribution is -2.57. The first-order valence-electron chi connectivity index (χ1n) is 15.9. The van der Waals surface area contributed by atoms with Gasteiger partial charge in [0.25, 0.3) is 5.91 Å². The SMILES string of the molecule is O=C(O)C1CCCN1C(=O)NC1(c2ccccc2)CCN(CCC2(c3ccccc3)CCN(C(=O)c3ccccc3)C2)CC1. The number of benzene rings is 3. The molecule has 8 heteroatoms. The molecule has 8 nitrogen and oxygen atoms in total. The molecule has 0 aromatic heterocycles. The van der Waals surface area contributed by atoms with E-state index in [4.69, 9.17) is 0 Å². The lowest BCUT2D eigenvalue weighted by Gasteiger charge is -2.44. The number of piperidine rings is 1.